The van der Waals surface area contributed by atoms with E-state index in [-0.39, 0.29) is 36.5 Å². The number of nitrogens with one attached hydrogen (secondary N) is 2. The molecule has 2 rings (SSSR count). The molecule has 2 aromatic rings. The zero-order chi connectivity index (χ0) is 21.1. The van der Waals surface area contributed by atoms with E-state index in [1.54, 1.807) is 14.2 Å². The third-order valence-electron chi connectivity index (χ3n) is 4.27. The van der Waals surface area contributed by atoms with Crippen molar-refractivity contribution in [2.45, 2.75) is 20.0 Å². The summed E-state index contributed by atoms with van der Waals surface area (Å²) in [5, 5.41) is 6.07. The summed E-state index contributed by atoms with van der Waals surface area (Å²) in [6.45, 7) is 3.73. The Balaban J connectivity index is 0.00000450. The Morgan fingerprint density at radius 2 is 1.90 bits per heavy atom. The quantitative estimate of drug-likeness (QED) is 0.299. The monoisotopic (exact) mass is 526 g/mol. The highest BCUT2D eigenvalue weighted by molar-refractivity contribution is 14.0. The third kappa shape index (κ3) is 8.10. The number of halogens is 1. The zero-order valence-corrected chi connectivity index (χ0v) is 20.3. The minimum atomic E-state index is -0.130. The van der Waals surface area contributed by atoms with Gasteiger partial charge >= 0.3 is 0 Å². The highest BCUT2D eigenvalue weighted by Gasteiger charge is 2.10. The summed E-state index contributed by atoms with van der Waals surface area (Å²) in [4.78, 5) is 17.9. The molecule has 0 fully saturated rings. The van der Waals surface area contributed by atoms with E-state index >= 15 is 0 Å². The molecule has 30 heavy (non-hydrogen) atoms. The Bertz CT molecular complexity index is 830. The summed E-state index contributed by atoms with van der Waals surface area (Å²) in [5.41, 5.74) is 2.12. The molecule has 0 aliphatic rings. The SMILES string of the molecule is CCNC(=O)COc1cccc(CNC(=NC)N(C)Cc2ccccc2OC)c1.I. The molecule has 0 aromatic heterocycles. The van der Waals surface area contributed by atoms with Crippen molar-refractivity contribution >= 4 is 35.8 Å². The number of rotatable bonds is 9. The molecule has 164 valence electrons. The molecular weight excluding hydrogens is 495 g/mol. The van der Waals surface area contributed by atoms with Gasteiger partial charge in [0.2, 0.25) is 0 Å². The molecular formula is C22H31IN4O3. The van der Waals surface area contributed by atoms with E-state index in [0.717, 1.165) is 22.8 Å². The van der Waals surface area contributed by atoms with Crippen LogP contribution in [0.1, 0.15) is 18.1 Å². The second-order valence-corrected chi connectivity index (χ2v) is 6.46. The Morgan fingerprint density at radius 3 is 2.60 bits per heavy atom. The minimum Gasteiger partial charge on any atom is -0.496 e. The zero-order valence-electron chi connectivity index (χ0n) is 18.0. The first-order valence-electron chi connectivity index (χ1n) is 9.59. The number of amides is 1. The molecule has 0 unspecified atom stereocenters. The molecule has 0 saturated heterocycles. The number of guanidine groups is 1. The summed E-state index contributed by atoms with van der Waals surface area (Å²) < 4.78 is 11.0. The number of carbonyl (C=O) groups excluding carboxylic acids is 1. The maximum Gasteiger partial charge on any atom is 0.257 e. The second kappa shape index (κ2) is 13.7. The van der Waals surface area contributed by atoms with Crippen LogP contribution in [0.2, 0.25) is 0 Å². The van der Waals surface area contributed by atoms with Crippen molar-refractivity contribution in [2.24, 2.45) is 4.99 Å². The van der Waals surface area contributed by atoms with Gasteiger partial charge < -0.3 is 25.0 Å². The number of carbonyl (C=O) groups is 1. The molecule has 0 aliphatic heterocycles. The lowest BCUT2D eigenvalue weighted by atomic mass is 10.2. The molecule has 0 aliphatic carbocycles. The lowest BCUT2D eigenvalue weighted by Crippen LogP contribution is -2.38. The molecule has 0 radical (unpaired) electrons. The van der Waals surface area contributed by atoms with Gasteiger partial charge in [0.15, 0.2) is 12.6 Å². The van der Waals surface area contributed by atoms with Crippen LogP contribution in [-0.4, -0.2) is 51.1 Å². The van der Waals surface area contributed by atoms with Crippen LogP contribution < -0.4 is 20.1 Å². The summed E-state index contributed by atoms with van der Waals surface area (Å²) >= 11 is 0. The Hall–Kier alpha value is -2.49. The van der Waals surface area contributed by atoms with E-state index in [9.17, 15) is 4.79 Å². The van der Waals surface area contributed by atoms with E-state index in [0.29, 0.717) is 25.4 Å². The number of nitrogens with zero attached hydrogens (tertiary/aromatic N) is 2. The van der Waals surface area contributed by atoms with Crippen LogP contribution in [0.5, 0.6) is 11.5 Å². The minimum absolute atomic E-state index is 0. The molecule has 0 bridgehead atoms. The van der Waals surface area contributed by atoms with Gasteiger partial charge in [0.25, 0.3) is 5.91 Å². The van der Waals surface area contributed by atoms with E-state index in [1.807, 2.05) is 67.4 Å². The van der Waals surface area contributed by atoms with Crippen molar-refractivity contribution in [2.75, 3.05) is 34.4 Å². The number of likely N-dealkylation sites (N-methyl/N-ethyl adjacent to an activating group) is 1. The van der Waals surface area contributed by atoms with Gasteiger partial charge in [-0.1, -0.05) is 30.3 Å². The van der Waals surface area contributed by atoms with Crippen LogP contribution in [0.4, 0.5) is 0 Å². The van der Waals surface area contributed by atoms with E-state index in [1.165, 1.54) is 0 Å². The Morgan fingerprint density at radius 1 is 1.13 bits per heavy atom. The number of benzene rings is 2. The first-order chi connectivity index (χ1) is 14.1. The van der Waals surface area contributed by atoms with Gasteiger partial charge in [0.05, 0.1) is 7.11 Å². The van der Waals surface area contributed by atoms with Gasteiger partial charge in [-0.2, -0.15) is 0 Å². The molecule has 0 atom stereocenters. The van der Waals surface area contributed by atoms with Crippen LogP contribution in [0.3, 0.4) is 0 Å². The van der Waals surface area contributed by atoms with Crippen molar-refractivity contribution in [1.29, 1.82) is 0 Å². The fraction of sp³-hybridized carbons (Fsp3) is 0.364. The molecule has 1 amide bonds. The highest BCUT2D eigenvalue weighted by Crippen LogP contribution is 2.19. The van der Waals surface area contributed by atoms with Gasteiger partial charge in [-0.05, 0) is 30.7 Å². The molecule has 0 saturated carbocycles. The van der Waals surface area contributed by atoms with Crippen LogP contribution in [0.25, 0.3) is 0 Å². The third-order valence-corrected chi connectivity index (χ3v) is 4.27. The number of aliphatic imine (C=N–C) groups is 1. The smallest absolute Gasteiger partial charge is 0.257 e. The van der Waals surface area contributed by atoms with Gasteiger partial charge in [0, 0.05) is 39.3 Å². The standard InChI is InChI=1S/C22H30N4O3.HI/c1-5-24-21(27)16-29-19-11-8-9-17(13-19)14-25-22(23-2)26(3)15-18-10-6-7-12-20(18)28-4;/h6-13H,5,14-16H2,1-4H3,(H,23,25)(H,24,27);1H. The predicted octanol–water partition coefficient (Wildman–Crippen LogP) is 3.04. The first-order valence-corrected chi connectivity index (χ1v) is 9.59. The fourth-order valence-electron chi connectivity index (χ4n) is 2.87. The first kappa shape index (κ1) is 25.5. The average molecular weight is 526 g/mol. The maximum absolute atomic E-state index is 11.5. The van der Waals surface area contributed by atoms with Crippen LogP contribution in [0, 0.1) is 0 Å². The number of hydrogen-bond acceptors (Lipinski definition) is 4. The topological polar surface area (TPSA) is 75.2 Å². The van der Waals surface area contributed by atoms with Gasteiger partial charge in [-0.15, -0.1) is 24.0 Å². The molecule has 0 heterocycles. The van der Waals surface area contributed by atoms with Crippen LogP contribution in [-0.2, 0) is 17.9 Å². The molecule has 2 N–H and O–H groups in total. The summed E-state index contributed by atoms with van der Waals surface area (Å²) in [7, 11) is 5.41. The summed E-state index contributed by atoms with van der Waals surface area (Å²) in [6.07, 6.45) is 0. The normalized spacial score (nSPS) is 10.6. The lowest BCUT2D eigenvalue weighted by molar-refractivity contribution is -0.122. The number of ether oxygens (including phenoxy) is 2. The highest BCUT2D eigenvalue weighted by atomic mass is 127. The molecule has 7 nitrogen and oxygen atoms in total. The lowest BCUT2D eigenvalue weighted by Gasteiger charge is -2.23. The summed E-state index contributed by atoms with van der Waals surface area (Å²) in [5.74, 6) is 2.15. The van der Waals surface area contributed by atoms with E-state index in [2.05, 4.69) is 15.6 Å². The average Bonchev–Trinajstić information content (AvgIpc) is 2.73. The molecule has 2 aromatic carbocycles. The molecule has 8 heteroatoms. The van der Waals surface area contributed by atoms with Crippen molar-refractivity contribution < 1.29 is 14.3 Å². The second-order valence-electron chi connectivity index (χ2n) is 6.46. The fourth-order valence-corrected chi connectivity index (χ4v) is 2.87. The number of hydrogen-bond donors (Lipinski definition) is 2. The Labute approximate surface area is 195 Å². The maximum atomic E-state index is 11.5. The molecule has 0 spiro atoms. The van der Waals surface area contributed by atoms with Crippen LogP contribution >= 0.6 is 24.0 Å². The number of para-hydroxylation sites is 1. The van der Waals surface area contributed by atoms with Crippen molar-refractivity contribution in [3.8, 4) is 11.5 Å². The van der Waals surface area contributed by atoms with E-state index < -0.39 is 0 Å². The summed E-state index contributed by atoms with van der Waals surface area (Å²) in [6, 6.07) is 15.6. The van der Waals surface area contributed by atoms with Gasteiger partial charge in [0.1, 0.15) is 11.5 Å². The largest absolute Gasteiger partial charge is 0.496 e. The number of methoxy groups -OCH3 is 1. The Kier molecular flexibility index (Phi) is 11.7. The van der Waals surface area contributed by atoms with Gasteiger partial charge in [-0.3, -0.25) is 9.79 Å². The van der Waals surface area contributed by atoms with Crippen molar-refractivity contribution in [1.82, 2.24) is 15.5 Å². The van der Waals surface area contributed by atoms with Crippen molar-refractivity contribution in [3.05, 3.63) is 59.7 Å². The van der Waals surface area contributed by atoms with Gasteiger partial charge in [-0.25, -0.2) is 0 Å². The van der Waals surface area contributed by atoms with Crippen molar-refractivity contribution in [3.63, 3.8) is 0 Å². The predicted molar refractivity (Wildman–Crippen MR) is 131 cm³/mol. The van der Waals surface area contributed by atoms with Crippen LogP contribution in [0.15, 0.2) is 53.5 Å². The van der Waals surface area contributed by atoms with E-state index in [4.69, 9.17) is 9.47 Å².